The Morgan fingerprint density at radius 3 is 2.50 bits per heavy atom. The summed E-state index contributed by atoms with van der Waals surface area (Å²) in [6.45, 7) is 1.09. The summed E-state index contributed by atoms with van der Waals surface area (Å²) in [5, 5.41) is 3.52. The summed E-state index contributed by atoms with van der Waals surface area (Å²) in [7, 11) is 0. The molecule has 0 aromatic heterocycles. The van der Waals surface area contributed by atoms with Crippen LogP contribution in [0, 0.1) is 5.82 Å². The van der Waals surface area contributed by atoms with Gasteiger partial charge in [-0.2, -0.15) is 0 Å². The van der Waals surface area contributed by atoms with Crippen LogP contribution in [0.25, 0.3) is 0 Å². The van der Waals surface area contributed by atoms with E-state index in [1.807, 2.05) is 30.3 Å². The molecule has 2 atom stereocenters. The molecule has 1 aliphatic rings. The number of benzene rings is 2. The molecule has 1 N–H and O–H groups in total. The van der Waals surface area contributed by atoms with Crippen molar-refractivity contribution < 1.29 is 4.39 Å². The van der Waals surface area contributed by atoms with Crippen LogP contribution >= 0.6 is 0 Å². The van der Waals surface area contributed by atoms with E-state index in [9.17, 15) is 4.39 Å². The van der Waals surface area contributed by atoms with E-state index in [1.165, 1.54) is 18.4 Å². The second-order valence-electron chi connectivity index (χ2n) is 5.51. The number of halogens is 1. The Labute approximate surface area is 119 Å². The van der Waals surface area contributed by atoms with Crippen molar-refractivity contribution in [3.63, 3.8) is 0 Å². The number of hydrogen-bond donors (Lipinski definition) is 1. The van der Waals surface area contributed by atoms with Crippen LogP contribution in [0.15, 0.2) is 54.6 Å². The maximum absolute atomic E-state index is 14.2. The van der Waals surface area contributed by atoms with Crippen molar-refractivity contribution in [2.45, 2.75) is 31.2 Å². The third-order valence-electron chi connectivity index (χ3n) is 4.17. The van der Waals surface area contributed by atoms with E-state index in [0.717, 1.165) is 18.5 Å². The first kappa shape index (κ1) is 13.3. The molecule has 1 aliphatic heterocycles. The lowest BCUT2D eigenvalue weighted by atomic mass is 9.85. The highest BCUT2D eigenvalue weighted by Crippen LogP contribution is 2.32. The fourth-order valence-electron chi connectivity index (χ4n) is 3.13. The largest absolute Gasteiger partial charge is 0.314 e. The topological polar surface area (TPSA) is 12.0 Å². The van der Waals surface area contributed by atoms with E-state index in [1.54, 1.807) is 12.1 Å². The second-order valence-corrected chi connectivity index (χ2v) is 5.51. The van der Waals surface area contributed by atoms with Gasteiger partial charge in [0.25, 0.3) is 0 Å². The molecule has 0 radical (unpaired) electrons. The lowest BCUT2D eigenvalue weighted by molar-refractivity contribution is 0.507. The van der Waals surface area contributed by atoms with Crippen LogP contribution in [-0.2, 0) is 0 Å². The van der Waals surface area contributed by atoms with Crippen LogP contribution < -0.4 is 5.32 Å². The first-order chi connectivity index (χ1) is 9.84. The third-order valence-corrected chi connectivity index (χ3v) is 4.17. The summed E-state index contributed by atoms with van der Waals surface area (Å²) in [5.74, 6) is 0.0346. The Morgan fingerprint density at radius 1 is 1.05 bits per heavy atom. The molecule has 2 heteroatoms. The molecule has 0 unspecified atom stereocenters. The van der Waals surface area contributed by atoms with Crippen molar-refractivity contribution in [1.29, 1.82) is 0 Å². The molecule has 20 heavy (non-hydrogen) atoms. The number of nitrogens with one attached hydrogen (secondary N) is 1. The predicted molar refractivity (Wildman–Crippen MR) is 80.3 cm³/mol. The molecule has 0 aliphatic carbocycles. The van der Waals surface area contributed by atoms with Crippen LogP contribution in [0.1, 0.15) is 36.3 Å². The maximum Gasteiger partial charge on any atom is 0.127 e. The number of rotatable bonds is 4. The SMILES string of the molecule is Fc1ccccc1[C@H](C[C@@H]1CCCN1)c1ccccc1. The van der Waals surface area contributed by atoms with Gasteiger partial charge < -0.3 is 5.32 Å². The van der Waals surface area contributed by atoms with Crippen LogP contribution in [0.5, 0.6) is 0 Å². The standard InChI is InChI=1S/C18H20FN/c19-18-11-5-4-10-16(18)17(13-15-9-6-12-20-15)14-7-2-1-3-8-14/h1-5,7-8,10-11,15,17,20H,6,9,12-13H2/t15-,17+/m0/s1. The van der Waals surface area contributed by atoms with Crippen LogP contribution in [0.4, 0.5) is 4.39 Å². The van der Waals surface area contributed by atoms with Crippen molar-refractivity contribution in [3.8, 4) is 0 Å². The predicted octanol–water partition coefficient (Wildman–Crippen LogP) is 4.10. The highest BCUT2D eigenvalue weighted by atomic mass is 19.1. The molecule has 0 saturated carbocycles. The molecule has 0 bridgehead atoms. The Morgan fingerprint density at radius 2 is 1.80 bits per heavy atom. The normalized spacial score (nSPS) is 19.9. The molecule has 1 fully saturated rings. The van der Waals surface area contributed by atoms with Gasteiger partial charge in [0.2, 0.25) is 0 Å². The minimum absolute atomic E-state index is 0.0978. The van der Waals surface area contributed by atoms with Crippen LogP contribution in [-0.4, -0.2) is 12.6 Å². The van der Waals surface area contributed by atoms with E-state index in [4.69, 9.17) is 0 Å². The molecular weight excluding hydrogens is 249 g/mol. The van der Waals surface area contributed by atoms with Crippen molar-refractivity contribution >= 4 is 0 Å². The summed E-state index contributed by atoms with van der Waals surface area (Å²) in [6, 6.07) is 17.9. The van der Waals surface area contributed by atoms with Gasteiger partial charge in [0.15, 0.2) is 0 Å². The maximum atomic E-state index is 14.2. The van der Waals surface area contributed by atoms with Gasteiger partial charge in [-0.1, -0.05) is 48.5 Å². The Balaban J connectivity index is 1.92. The average molecular weight is 269 g/mol. The minimum atomic E-state index is -0.0978. The zero-order valence-corrected chi connectivity index (χ0v) is 11.6. The molecule has 0 spiro atoms. The lowest BCUT2D eigenvalue weighted by Crippen LogP contribution is -2.24. The minimum Gasteiger partial charge on any atom is -0.314 e. The molecule has 2 aromatic carbocycles. The zero-order chi connectivity index (χ0) is 13.8. The average Bonchev–Trinajstić information content (AvgIpc) is 3.00. The fourth-order valence-corrected chi connectivity index (χ4v) is 3.13. The summed E-state index contributed by atoms with van der Waals surface area (Å²) in [4.78, 5) is 0. The van der Waals surface area contributed by atoms with Gasteiger partial charge in [-0.25, -0.2) is 4.39 Å². The highest BCUT2D eigenvalue weighted by Gasteiger charge is 2.23. The van der Waals surface area contributed by atoms with E-state index < -0.39 is 0 Å². The van der Waals surface area contributed by atoms with Crippen molar-refractivity contribution in [2.24, 2.45) is 0 Å². The van der Waals surface area contributed by atoms with E-state index in [-0.39, 0.29) is 11.7 Å². The molecule has 1 nitrogen and oxygen atoms in total. The first-order valence-electron chi connectivity index (χ1n) is 7.37. The van der Waals surface area contributed by atoms with Gasteiger partial charge in [-0.05, 0) is 43.0 Å². The van der Waals surface area contributed by atoms with Gasteiger partial charge in [0.05, 0.1) is 0 Å². The molecule has 2 aromatic rings. The third kappa shape index (κ3) is 2.91. The molecule has 0 amide bonds. The zero-order valence-electron chi connectivity index (χ0n) is 11.6. The fraction of sp³-hybridized carbons (Fsp3) is 0.333. The molecule has 3 rings (SSSR count). The Hall–Kier alpha value is -1.67. The van der Waals surface area contributed by atoms with E-state index in [2.05, 4.69) is 17.4 Å². The quantitative estimate of drug-likeness (QED) is 0.881. The monoisotopic (exact) mass is 269 g/mol. The summed E-state index contributed by atoms with van der Waals surface area (Å²) < 4.78 is 14.2. The number of hydrogen-bond acceptors (Lipinski definition) is 1. The van der Waals surface area contributed by atoms with E-state index in [0.29, 0.717) is 6.04 Å². The summed E-state index contributed by atoms with van der Waals surface area (Å²) in [5.41, 5.74) is 2.01. The van der Waals surface area contributed by atoms with Crippen molar-refractivity contribution in [1.82, 2.24) is 5.32 Å². The van der Waals surface area contributed by atoms with Crippen molar-refractivity contribution in [2.75, 3.05) is 6.54 Å². The van der Waals surface area contributed by atoms with Gasteiger partial charge >= 0.3 is 0 Å². The highest BCUT2D eigenvalue weighted by molar-refractivity contribution is 5.33. The van der Waals surface area contributed by atoms with Gasteiger partial charge in [0, 0.05) is 12.0 Å². The second kappa shape index (κ2) is 6.19. The lowest BCUT2D eigenvalue weighted by Gasteiger charge is -2.22. The Kier molecular flexibility index (Phi) is 4.12. The smallest absolute Gasteiger partial charge is 0.127 e. The molecular formula is C18H20FN. The molecule has 1 heterocycles. The van der Waals surface area contributed by atoms with Gasteiger partial charge in [0.1, 0.15) is 5.82 Å². The van der Waals surface area contributed by atoms with Gasteiger partial charge in [-0.15, -0.1) is 0 Å². The summed E-state index contributed by atoms with van der Waals surface area (Å²) in [6.07, 6.45) is 3.38. The van der Waals surface area contributed by atoms with E-state index >= 15 is 0 Å². The first-order valence-corrected chi connectivity index (χ1v) is 7.37. The molecule has 1 saturated heterocycles. The van der Waals surface area contributed by atoms with Gasteiger partial charge in [-0.3, -0.25) is 0 Å². The van der Waals surface area contributed by atoms with Crippen LogP contribution in [0.2, 0.25) is 0 Å². The van der Waals surface area contributed by atoms with Crippen molar-refractivity contribution in [3.05, 3.63) is 71.5 Å². The summed E-state index contributed by atoms with van der Waals surface area (Å²) >= 11 is 0. The Bertz CT molecular complexity index is 546. The molecule has 104 valence electrons. The van der Waals surface area contributed by atoms with Crippen LogP contribution in [0.3, 0.4) is 0 Å².